The van der Waals surface area contributed by atoms with Gasteiger partial charge in [-0.1, -0.05) is 48.5 Å². The second-order valence-electron chi connectivity index (χ2n) is 8.53. The standard InChI is InChI=1S/C24H28N2O5/c1-15(22(28)29)26(4)21(27)13-24(2,3)25-23(30)31-14-20-18-11-7-5-9-16(18)17-10-6-8-12-19(17)20/h5-12,15,20H,13-14H2,1-4H3,(H,25,30)(H,28,29)/t15-/m0/s1. The number of carbonyl (C=O) groups excluding carboxylic acids is 2. The Labute approximate surface area is 182 Å². The number of benzene rings is 2. The maximum atomic E-state index is 12.5. The number of carboxylic acids is 1. The van der Waals surface area contributed by atoms with Gasteiger partial charge < -0.3 is 20.1 Å². The Morgan fingerprint density at radius 2 is 1.58 bits per heavy atom. The first kappa shape index (κ1) is 22.3. The molecule has 164 valence electrons. The average Bonchev–Trinajstić information content (AvgIpc) is 3.04. The fourth-order valence-corrected chi connectivity index (χ4v) is 3.84. The predicted molar refractivity (Wildman–Crippen MR) is 117 cm³/mol. The van der Waals surface area contributed by atoms with Gasteiger partial charge >= 0.3 is 12.1 Å². The lowest BCUT2D eigenvalue weighted by Crippen LogP contribution is -2.49. The monoisotopic (exact) mass is 424 g/mol. The van der Waals surface area contributed by atoms with Gasteiger partial charge in [0.25, 0.3) is 0 Å². The van der Waals surface area contributed by atoms with Crippen molar-refractivity contribution >= 4 is 18.0 Å². The molecule has 0 saturated carbocycles. The number of aliphatic carboxylic acids is 1. The SMILES string of the molecule is C[C@@H](C(=O)O)N(C)C(=O)CC(C)(C)NC(=O)OCC1c2ccccc2-c2ccccc21. The number of carbonyl (C=O) groups is 3. The average molecular weight is 424 g/mol. The van der Waals surface area contributed by atoms with Crippen molar-refractivity contribution in [1.82, 2.24) is 10.2 Å². The summed E-state index contributed by atoms with van der Waals surface area (Å²) < 4.78 is 5.53. The van der Waals surface area contributed by atoms with Crippen molar-refractivity contribution in [1.29, 1.82) is 0 Å². The van der Waals surface area contributed by atoms with Gasteiger partial charge in [-0.3, -0.25) is 4.79 Å². The van der Waals surface area contributed by atoms with Crippen molar-refractivity contribution in [3.8, 4) is 11.1 Å². The van der Waals surface area contributed by atoms with Crippen molar-refractivity contribution < 1.29 is 24.2 Å². The Hall–Kier alpha value is -3.35. The van der Waals surface area contributed by atoms with E-state index in [1.165, 1.54) is 14.0 Å². The Bertz CT molecular complexity index is 955. The second-order valence-corrected chi connectivity index (χ2v) is 8.53. The van der Waals surface area contributed by atoms with E-state index in [1.807, 2.05) is 36.4 Å². The van der Waals surface area contributed by atoms with E-state index in [-0.39, 0.29) is 24.9 Å². The number of ether oxygens (including phenoxy) is 1. The maximum absolute atomic E-state index is 12.5. The summed E-state index contributed by atoms with van der Waals surface area (Å²) in [7, 11) is 1.44. The minimum absolute atomic E-state index is 0.0503. The normalized spacial score (nSPS) is 13.7. The van der Waals surface area contributed by atoms with Crippen LogP contribution in [0.3, 0.4) is 0 Å². The molecule has 3 rings (SSSR count). The van der Waals surface area contributed by atoms with Crippen LogP contribution in [0.15, 0.2) is 48.5 Å². The Kier molecular flexibility index (Phi) is 6.34. The summed E-state index contributed by atoms with van der Waals surface area (Å²) in [4.78, 5) is 37.1. The molecule has 2 aromatic carbocycles. The number of carboxylic acid groups (broad SMARTS) is 1. The molecule has 0 fully saturated rings. The highest BCUT2D eigenvalue weighted by molar-refractivity contribution is 5.84. The molecule has 0 aromatic heterocycles. The van der Waals surface area contributed by atoms with E-state index in [2.05, 4.69) is 17.4 Å². The minimum atomic E-state index is -1.09. The zero-order valence-electron chi connectivity index (χ0n) is 18.2. The third-order valence-corrected chi connectivity index (χ3v) is 5.71. The van der Waals surface area contributed by atoms with Crippen molar-refractivity contribution in [2.24, 2.45) is 0 Å². The molecule has 1 atom stereocenters. The van der Waals surface area contributed by atoms with Crippen molar-refractivity contribution in [3.63, 3.8) is 0 Å². The Morgan fingerprint density at radius 3 is 2.10 bits per heavy atom. The molecule has 2 amide bonds. The molecule has 1 aliphatic rings. The van der Waals surface area contributed by atoms with Gasteiger partial charge in [0.2, 0.25) is 5.91 Å². The quantitative estimate of drug-likeness (QED) is 0.708. The van der Waals surface area contributed by atoms with Gasteiger partial charge in [0.05, 0.1) is 0 Å². The lowest BCUT2D eigenvalue weighted by atomic mass is 9.98. The highest BCUT2D eigenvalue weighted by Gasteiger charge is 2.32. The molecule has 7 nitrogen and oxygen atoms in total. The van der Waals surface area contributed by atoms with Crippen LogP contribution in [0, 0.1) is 0 Å². The van der Waals surface area contributed by atoms with E-state index >= 15 is 0 Å². The van der Waals surface area contributed by atoms with Gasteiger partial charge in [0, 0.05) is 24.9 Å². The number of hydrogen-bond acceptors (Lipinski definition) is 4. The van der Waals surface area contributed by atoms with E-state index in [0.717, 1.165) is 27.2 Å². The summed E-state index contributed by atoms with van der Waals surface area (Å²) in [5, 5.41) is 11.8. The summed E-state index contributed by atoms with van der Waals surface area (Å²) in [6, 6.07) is 15.2. The van der Waals surface area contributed by atoms with Gasteiger partial charge in [-0.25, -0.2) is 9.59 Å². The zero-order valence-corrected chi connectivity index (χ0v) is 18.2. The lowest BCUT2D eigenvalue weighted by Gasteiger charge is -2.29. The molecule has 0 radical (unpaired) electrons. The van der Waals surface area contributed by atoms with Crippen LogP contribution >= 0.6 is 0 Å². The van der Waals surface area contributed by atoms with Crippen LogP contribution in [-0.2, 0) is 14.3 Å². The predicted octanol–water partition coefficient (Wildman–Crippen LogP) is 3.63. The Balaban J connectivity index is 1.61. The third kappa shape index (κ3) is 4.87. The van der Waals surface area contributed by atoms with Gasteiger partial charge in [0.1, 0.15) is 12.6 Å². The van der Waals surface area contributed by atoms with Crippen LogP contribution < -0.4 is 5.32 Å². The van der Waals surface area contributed by atoms with Crippen LogP contribution in [0.5, 0.6) is 0 Å². The molecule has 2 N–H and O–H groups in total. The number of amides is 2. The van der Waals surface area contributed by atoms with E-state index in [4.69, 9.17) is 9.84 Å². The maximum Gasteiger partial charge on any atom is 0.407 e. The summed E-state index contributed by atoms with van der Waals surface area (Å²) in [6.45, 7) is 5.02. The largest absolute Gasteiger partial charge is 0.480 e. The molecule has 0 saturated heterocycles. The van der Waals surface area contributed by atoms with Crippen molar-refractivity contribution in [2.45, 2.75) is 44.7 Å². The first-order valence-corrected chi connectivity index (χ1v) is 10.2. The summed E-state index contributed by atoms with van der Waals surface area (Å²) in [5.41, 5.74) is 3.64. The van der Waals surface area contributed by atoms with Crippen LogP contribution in [0.1, 0.15) is 44.2 Å². The van der Waals surface area contributed by atoms with Gasteiger partial charge in [0.15, 0.2) is 0 Å². The molecular weight excluding hydrogens is 396 g/mol. The molecule has 0 bridgehead atoms. The lowest BCUT2D eigenvalue weighted by molar-refractivity contribution is -0.148. The topological polar surface area (TPSA) is 95.9 Å². The van der Waals surface area contributed by atoms with Gasteiger partial charge in [-0.05, 0) is 43.0 Å². The van der Waals surface area contributed by atoms with Crippen LogP contribution in [0.25, 0.3) is 11.1 Å². The highest BCUT2D eigenvalue weighted by atomic mass is 16.5. The zero-order chi connectivity index (χ0) is 22.8. The molecule has 2 aromatic rings. The number of likely N-dealkylation sites (N-methyl/N-ethyl adjacent to an activating group) is 1. The summed E-state index contributed by atoms with van der Waals surface area (Å²) in [5.74, 6) is -1.51. The third-order valence-electron chi connectivity index (χ3n) is 5.71. The number of alkyl carbamates (subject to hydrolysis) is 1. The fourth-order valence-electron chi connectivity index (χ4n) is 3.84. The molecule has 0 heterocycles. The van der Waals surface area contributed by atoms with E-state index in [9.17, 15) is 14.4 Å². The van der Waals surface area contributed by atoms with E-state index in [0.29, 0.717) is 0 Å². The smallest absolute Gasteiger partial charge is 0.407 e. The molecule has 0 spiro atoms. The van der Waals surface area contributed by atoms with Crippen molar-refractivity contribution in [2.75, 3.05) is 13.7 Å². The van der Waals surface area contributed by atoms with Gasteiger partial charge in [-0.2, -0.15) is 0 Å². The highest BCUT2D eigenvalue weighted by Crippen LogP contribution is 2.44. The minimum Gasteiger partial charge on any atom is -0.480 e. The number of rotatable bonds is 7. The number of nitrogens with zero attached hydrogens (tertiary/aromatic N) is 1. The fraction of sp³-hybridized carbons (Fsp3) is 0.375. The molecule has 0 unspecified atom stereocenters. The van der Waals surface area contributed by atoms with E-state index < -0.39 is 23.6 Å². The van der Waals surface area contributed by atoms with Gasteiger partial charge in [-0.15, -0.1) is 0 Å². The number of fused-ring (bicyclic) bond motifs is 3. The number of hydrogen-bond donors (Lipinski definition) is 2. The molecular formula is C24H28N2O5. The van der Waals surface area contributed by atoms with E-state index in [1.54, 1.807) is 13.8 Å². The second kappa shape index (κ2) is 8.79. The molecule has 0 aliphatic heterocycles. The molecule has 31 heavy (non-hydrogen) atoms. The molecule has 1 aliphatic carbocycles. The van der Waals surface area contributed by atoms with Crippen LogP contribution in [-0.4, -0.2) is 53.2 Å². The summed E-state index contributed by atoms with van der Waals surface area (Å²) >= 11 is 0. The van der Waals surface area contributed by atoms with Crippen molar-refractivity contribution in [3.05, 3.63) is 59.7 Å². The number of nitrogens with one attached hydrogen (secondary N) is 1. The Morgan fingerprint density at radius 1 is 1.06 bits per heavy atom. The molecule has 7 heteroatoms. The first-order valence-electron chi connectivity index (χ1n) is 10.2. The first-order chi connectivity index (χ1) is 14.6. The summed E-state index contributed by atoms with van der Waals surface area (Å²) in [6.07, 6.45) is -0.667. The van der Waals surface area contributed by atoms with Crippen LogP contribution in [0.4, 0.5) is 4.79 Å². The van der Waals surface area contributed by atoms with Crippen LogP contribution in [0.2, 0.25) is 0 Å².